The molecule has 0 heterocycles. The summed E-state index contributed by atoms with van der Waals surface area (Å²) in [6.07, 6.45) is 0. The zero-order valence-electron chi connectivity index (χ0n) is 10.9. The summed E-state index contributed by atoms with van der Waals surface area (Å²) in [4.78, 5) is 12.5. The Kier molecular flexibility index (Phi) is 3.86. The molecule has 0 radical (unpaired) electrons. The van der Waals surface area contributed by atoms with Crippen molar-refractivity contribution in [3.8, 4) is 0 Å². The van der Waals surface area contributed by atoms with Gasteiger partial charge < -0.3 is 0 Å². The van der Waals surface area contributed by atoms with Crippen LogP contribution in [0.3, 0.4) is 0 Å². The van der Waals surface area contributed by atoms with Crippen molar-refractivity contribution in [3.05, 3.63) is 46.4 Å². The lowest BCUT2D eigenvalue weighted by atomic mass is 9.88. The van der Waals surface area contributed by atoms with Crippen LogP contribution in [0.25, 0.3) is 10.8 Å². The van der Waals surface area contributed by atoms with Gasteiger partial charge in [0, 0.05) is 16.0 Å². The molecule has 0 aromatic heterocycles. The SMILES string of the molecule is CC(C)C(C)C(=O)c1ccc(Br)c2ccccc12. The van der Waals surface area contributed by atoms with E-state index in [0.29, 0.717) is 5.92 Å². The average molecular weight is 305 g/mol. The first-order valence-corrected chi connectivity index (χ1v) is 7.03. The largest absolute Gasteiger partial charge is 0.294 e. The fraction of sp³-hybridized carbons (Fsp3) is 0.312. The molecule has 2 aromatic rings. The second kappa shape index (κ2) is 5.23. The number of halogens is 1. The van der Waals surface area contributed by atoms with E-state index >= 15 is 0 Å². The van der Waals surface area contributed by atoms with Gasteiger partial charge in [0.2, 0.25) is 0 Å². The Morgan fingerprint density at radius 1 is 1.00 bits per heavy atom. The molecule has 94 valence electrons. The Hall–Kier alpha value is -1.15. The highest BCUT2D eigenvalue weighted by atomic mass is 79.9. The Morgan fingerprint density at radius 3 is 2.22 bits per heavy atom. The Balaban J connectivity index is 2.59. The molecule has 0 aliphatic rings. The molecule has 1 nitrogen and oxygen atoms in total. The van der Waals surface area contributed by atoms with Gasteiger partial charge in [-0.3, -0.25) is 4.79 Å². The molecule has 0 N–H and O–H groups in total. The maximum atomic E-state index is 12.5. The van der Waals surface area contributed by atoms with Gasteiger partial charge in [-0.25, -0.2) is 0 Å². The Morgan fingerprint density at radius 2 is 1.61 bits per heavy atom. The number of carbonyl (C=O) groups is 1. The fourth-order valence-electron chi connectivity index (χ4n) is 2.03. The highest BCUT2D eigenvalue weighted by molar-refractivity contribution is 9.10. The van der Waals surface area contributed by atoms with E-state index in [0.717, 1.165) is 20.8 Å². The summed E-state index contributed by atoms with van der Waals surface area (Å²) in [5, 5.41) is 2.13. The van der Waals surface area contributed by atoms with Crippen LogP contribution in [0.2, 0.25) is 0 Å². The summed E-state index contributed by atoms with van der Waals surface area (Å²) in [6, 6.07) is 11.9. The molecule has 0 aliphatic heterocycles. The monoisotopic (exact) mass is 304 g/mol. The average Bonchev–Trinajstić information content (AvgIpc) is 2.38. The van der Waals surface area contributed by atoms with Gasteiger partial charge in [0.1, 0.15) is 0 Å². The number of hydrogen-bond acceptors (Lipinski definition) is 1. The van der Waals surface area contributed by atoms with Crippen molar-refractivity contribution < 1.29 is 4.79 Å². The van der Waals surface area contributed by atoms with Crippen LogP contribution in [0.4, 0.5) is 0 Å². The zero-order valence-corrected chi connectivity index (χ0v) is 12.5. The smallest absolute Gasteiger partial charge is 0.166 e. The highest BCUT2D eigenvalue weighted by Gasteiger charge is 2.20. The molecule has 2 rings (SSSR count). The van der Waals surface area contributed by atoms with Gasteiger partial charge in [-0.2, -0.15) is 0 Å². The van der Waals surface area contributed by atoms with Crippen molar-refractivity contribution in [2.75, 3.05) is 0 Å². The first-order valence-electron chi connectivity index (χ1n) is 6.24. The lowest BCUT2D eigenvalue weighted by Crippen LogP contribution is -2.17. The van der Waals surface area contributed by atoms with Crippen LogP contribution >= 0.6 is 15.9 Å². The molecule has 0 spiro atoms. The van der Waals surface area contributed by atoms with Crippen LogP contribution in [0.5, 0.6) is 0 Å². The van der Waals surface area contributed by atoms with E-state index in [1.807, 2.05) is 43.3 Å². The predicted molar refractivity (Wildman–Crippen MR) is 80.0 cm³/mol. The van der Waals surface area contributed by atoms with Crippen molar-refractivity contribution in [1.82, 2.24) is 0 Å². The number of carbonyl (C=O) groups excluding carboxylic acids is 1. The molecular weight excluding hydrogens is 288 g/mol. The lowest BCUT2D eigenvalue weighted by Gasteiger charge is -2.16. The number of rotatable bonds is 3. The van der Waals surface area contributed by atoms with Gasteiger partial charge in [0.25, 0.3) is 0 Å². The first-order chi connectivity index (χ1) is 8.52. The summed E-state index contributed by atoms with van der Waals surface area (Å²) in [5.41, 5.74) is 0.829. The molecule has 2 aromatic carbocycles. The van der Waals surface area contributed by atoms with Gasteiger partial charge in [0.05, 0.1) is 0 Å². The maximum Gasteiger partial charge on any atom is 0.166 e. The third-order valence-corrected chi connectivity index (χ3v) is 4.24. The first kappa shape index (κ1) is 13.3. The van der Waals surface area contributed by atoms with E-state index in [1.165, 1.54) is 0 Å². The Bertz CT molecular complexity index is 587. The fourth-order valence-corrected chi connectivity index (χ4v) is 2.50. The molecule has 0 bridgehead atoms. The lowest BCUT2D eigenvalue weighted by molar-refractivity contribution is 0.0901. The minimum atomic E-state index is 0.0505. The molecule has 1 atom stereocenters. The molecule has 0 saturated heterocycles. The second-order valence-corrected chi connectivity index (χ2v) is 5.89. The Labute approximate surface area is 116 Å². The van der Waals surface area contributed by atoms with Crippen LogP contribution in [0, 0.1) is 11.8 Å². The molecule has 0 fully saturated rings. The minimum absolute atomic E-state index is 0.0505. The van der Waals surface area contributed by atoms with Crippen molar-refractivity contribution in [2.24, 2.45) is 11.8 Å². The van der Waals surface area contributed by atoms with Crippen LogP contribution in [-0.2, 0) is 0 Å². The zero-order chi connectivity index (χ0) is 13.3. The van der Waals surface area contributed by atoms with E-state index in [1.54, 1.807) is 0 Å². The van der Waals surface area contributed by atoms with Gasteiger partial charge in [-0.05, 0) is 28.8 Å². The topological polar surface area (TPSA) is 17.1 Å². The quantitative estimate of drug-likeness (QED) is 0.723. The van der Waals surface area contributed by atoms with Crippen molar-refractivity contribution in [2.45, 2.75) is 20.8 Å². The minimum Gasteiger partial charge on any atom is -0.294 e. The van der Waals surface area contributed by atoms with Gasteiger partial charge in [-0.15, -0.1) is 0 Å². The molecule has 0 aliphatic carbocycles. The maximum absolute atomic E-state index is 12.5. The predicted octanol–water partition coefficient (Wildman–Crippen LogP) is 5.08. The van der Waals surface area contributed by atoms with Crippen molar-refractivity contribution in [3.63, 3.8) is 0 Å². The third-order valence-electron chi connectivity index (χ3n) is 3.55. The molecular formula is C16H17BrO. The number of ketones is 1. The van der Waals surface area contributed by atoms with Gasteiger partial charge in [-0.1, -0.05) is 61.0 Å². The molecule has 0 amide bonds. The summed E-state index contributed by atoms with van der Waals surface area (Å²) in [7, 11) is 0. The standard InChI is InChI=1S/C16H17BrO/c1-10(2)11(3)16(18)14-8-9-15(17)13-7-5-4-6-12(13)14/h4-11H,1-3H3. The van der Waals surface area contributed by atoms with Crippen LogP contribution in [0.15, 0.2) is 40.9 Å². The number of Topliss-reactive ketones (excluding diaryl/α,β-unsaturated/α-hetero) is 1. The normalized spacial score (nSPS) is 12.9. The molecule has 2 heteroatoms. The number of hydrogen-bond donors (Lipinski definition) is 0. The van der Waals surface area contributed by atoms with E-state index in [4.69, 9.17) is 0 Å². The van der Waals surface area contributed by atoms with Crippen LogP contribution < -0.4 is 0 Å². The highest BCUT2D eigenvalue weighted by Crippen LogP contribution is 2.29. The molecule has 18 heavy (non-hydrogen) atoms. The van der Waals surface area contributed by atoms with Crippen LogP contribution in [-0.4, -0.2) is 5.78 Å². The van der Waals surface area contributed by atoms with Crippen LogP contribution in [0.1, 0.15) is 31.1 Å². The molecule has 0 saturated carbocycles. The van der Waals surface area contributed by atoms with Crippen molar-refractivity contribution >= 4 is 32.5 Å². The summed E-state index contributed by atoms with van der Waals surface area (Å²) in [5.74, 6) is 0.642. The third kappa shape index (κ3) is 2.35. The summed E-state index contributed by atoms with van der Waals surface area (Å²) < 4.78 is 1.03. The number of fused-ring (bicyclic) bond motifs is 1. The van der Waals surface area contributed by atoms with E-state index in [2.05, 4.69) is 29.8 Å². The summed E-state index contributed by atoms with van der Waals surface area (Å²) >= 11 is 3.53. The summed E-state index contributed by atoms with van der Waals surface area (Å²) in [6.45, 7) is 6.18. The molecule has 1 unspecified atom stereocenters. The van der Waals surface area contributed by atoms with Gasteiger partial charge >= 0.3 is 0 Å². The van der Waals surface area contributed by atoms with E-state index in [9.17, 15) is 4.79 Å². The number of benzene rings is 2. The van der Waals surface area contributed by atoms with Gasteiger partial charge in [0.15, 0.2) is 5.78 Å². The van der Waals surface area contributed by atoms with E-state index in [-0.39, 0.29) is 11.7 Å². The second-order valence-electron chi connectivity index (χ2n) is 5.04. The van der Waals surface area contributed by atoms with Crippen molar-refractivity contribution in [1.29, 1.82) is 0 Å². The van der Waals surface area contributed by atoms with E-state index < -0.39 is 0 Å².